The molecule has 2 aromatic rings. The number of aromatic nitrogens is 1. The predicted octanol–water partition coefficient (Wildman–Crippen LogP) is 4.57. The quantitative estimate of drug-likeness (QED) is 0.520. The molecular weight excluding hydrogens is 458 g/mol. The largest absolute Gasteiger partial charge is 0.492 e. The zero-order chi connectivity index (χ0) is 25.9. The lowest BCUT2D eigenvalue weighted by Crippen LogP contribution is -2.37. The molecule has 0 atom stereocenters. The third-order valence-electron chi connectivity index (χ3n) is 6.68. The Morgan fingerprint density at radius 2 is 1.81 bits per heavy atom. The summed E-state index contributed by atoms with van der Waals surface area (Å²) >= 11 is 0. The second-order valence-corrected chi connectivity index (χ2v) is 10.6. The van der Waals surface area contributed by atoms with Gasteiger partial charge >= 0.3 is 5.97 Å². The summed E-state index contributed by atoms with van der Waals surface area (Å²) in [5.41, 5.74) is 1.70. The lowest BCUT2D eigenvalue weighted by Gasteiger charge is -2.29. The van der Waals surface area contributed by atoms with Gasteiger partial charge in [-0.25, -0.2) is 4.79 Å². The number of hydrogen-bond acceptors (Lipinski definition) is 7. The first-order valence-corrected chi connectivity index (χ1v) is 12.8. The highest BCUT2D eigenvalue weighted by Crippen LogP contribution is 2.38. The van der Waals surface area contributed by atoms with Gasteiger partial charge in [0.1, 0.15) is 17.9 Å². The molecule has 1 saturated heterocycles. The summed E-state index contributed by atoms with van der Waals surface area (Å²) in [5.74, 6) is 0.331. The fourth-order valence-electron chi connectivity index (χ4n) is 5.00. The molecule has 194 valence electrons. The van der Waals surface area contributed by atoms with Gasteiger partial charge in [-0.3, -0.25) is 9.69 Å². The second-order valence-electron chi connectivity index (χ2n) is 10.6. The van der Waals surface area contributed by atoms with Crippen molar-refractivity contribution in [2.45, 2.75) is 65.4 Å². The maximum Gasteiger partial charge on any atom is 0.343 e. The first kappa shape index (κ1) is 25.9. The van der Waals surface area contributed by atoms with E-state index < -0.39 is 11.4 Å². The summed E-state index contributed by atoms with van der Waals surface area (Å²) in [6, 6.07) is 7.17. The highest BCUT2D eigenvalue weighted by atomic mass is 16.5. The van der Waals surface area contributed by atoms with Crippen LogP contribution in [0.3, 0.4) is 0 Å². The van der Waals surface area contributed by atoms with Crippen molar-refractivity contribution >= 4 is 17.4 Å². The molecule has 0 radical (unpaired) electrons. The van der Waals surface area contributed by atoms with Gasteiger partial charge in [0, 0.05) is 35.8 Å². The summed E-state index contributed by atoms with van der Waals surface area (Å²) in [5, 5.41) is 4.10. The Labute approximate surface area is 213 Å². The van der Waals surface area contributed by atoms with E-state index in [1.807, 2.05) is 32.9 Å². The molecule has 0 N–H and O–H groups in total. The van der Waals surface area contributed by atoms with Crippen molar-refractivity contribution in [1.82, 2.24) is 15.0 Å². The molecule has 0 saturated carbocycles. The smallest absolute Gasteiger partial charge is 0.343 e. The van der Waals surface area contributed by atoms with Crippen LogP contribution in [0.2, 0.25) is 0 Å². The number of amides is 1. The number of fused-ring (bicyclic) bond motifs is 1. The number of likely N-dealkylation sites (tertiary alicyclic amines) is 1. The topological polar surface area (TPSA) is 85.1 Å². The van der Waals surface area contributed by atoms with Crippen LogP contribution in [0.25, 0.3) is 5.57 Å². The fraction of sp³-hybridized carbons (Fsp3) is 0.536. The summed E-state index contributed by atoms with van der Waals surface area (Å²) in [7, 11) is 0. The number of hydrogen-bond donors (Lipinski definition) is 0. The van der Waals surface area contributed by atoms with Crippen LogP contribution in [0.15, 0.2) is 35.0 Å². The van der Waals surface area contributed by atoms with E-state index >= 15 is 0 Å². The summed E-state index contributed by atoms with van der Waals surface area (Å²) < 4.78 is 16.9. The molecular formula is C28H37N3O5. The fourth-order valence-corrected chi connectivity index (χ4v) is 5.00. The van der Waals surface area contributed by atoms with Crippen LogP contribution in [0, 0.1) is 6.92 Å². The maximum atomic E-state index is 13.6. The zero-order valence-electron chi connectivity index (χ0n) is 22.0. The average molecular weight is 496 g/mol. The van der Waals surface area contributed by atoms with E-state index in [4.69, 9.17) is 14.0 Å². The second kappa shape index (κ2) is 10.9. The molecule has 2 aliphatic rings. The van der Waals surface area contributed by atoms with Crippen molar-refractivity contribution in [3.8, 4) is 5.75 Å². The van der Waals surface area contributed by atoms with E-state index in [2.05, 4.69) is 10.1 Å². The van der Waals surface area contributed by atoms with Crippen LogP contribution in [0.1, 0.15) is 74.3 Å². The number of ether oxygens (including phenoxy) is 2. The van der Waals surface area contributed by atoms with Gasteiger partial charge in [-0.2, -0.15) is 0 Å². The molecule has 8 heteroatoms. The standard InChI is InChI=1S/C28H37N3O5/c1-19(2)35-27(33)23-17-31(18-28(4,5)24-20(3)29-36-25(23)24)26(32)21-9-11-22(12-10-21)34-16-15-30-13-7-6-8-14-30/h9-12,17,19H,6-8,13-16,18H2,1-5H3. The molecule has 36 heavy (non-hydrogen) atoms. The van der Waals surface area contributed by atoms with E-state index in [-0.39, 0.29) is 17.6 Å². The molecule has 0 unspecified atom stereocenters. The van der Waals surface area contributed by atoms with Crippen LogP contribution < -0.4 is 4.74 Å². The van der Waals surface area contributed by atoms with E-state index in [1.165, 1.54) is 25.5 Å². The van der Waals surface area contributed by atoms with E-state index in [1.54, 1.807) is 30.9 Å². The van der Waals surface area contributed by atoms with Crippen LogP contribution in [-0.4, -0.2) is 65.7 Å². The molecule has 0 bridgehead atoms. The molecule has 1 fully saturated rings. The minimum atomic E-state index is -0.546. The summed E-state index contributed by atoms with van der Waals surface area (Å²) in [6.45, 7) is 13.6. The zero-order valence-corrected chi connectivity index (χ0v) is 22.0. The first-order chi connectivity index (χ1) is 17.2. The number of carbonyl (C=O) groups is 2. The Balaban J connectivity index is 1.51. The molecule has 4 rings (SSSR count). The molecule has 1 amide bonds. The normalized spacial score (nSPS) is 17.8. The number of aryl methyl sites for hydroxylation is 1. The number of piperidine rings is 1. The van der Waals surface area contributed by atoms with Crippen molar-refractivity contribution in [3.05, 3.63) is 53.0 Å². The highest BCUT2D eigenvalue weighted by molar-refractivity contribution is 6.16. The molecule has 0 spiro atoms. The van der Waals surface area contributed by atoms with Gasteiger partial charge < -0.3 is 18.9 Å². The van der Waals surface area contributed by atoms with Crippen LogP contribution in [-0.2, 0) is 14.9 Å². The van der Waals surface area contributed by atoms with Gasteiger partial charge in [0.15, 0.2) is 5.76 Å². The Morgan fingerprint density at radius 3 is 2.47 bits per heavy atom. The number of benzene rings is 1. The van der Waals surface area contributed by atoms with Crippen molar-refractivity contribution in [2.24, 2.45) is 0 Å². The Bertz CT molecular complexity index is 1110. The van der Waals surface area contributed by atoms with Gasteiger partial charge in [0.2, 0.25) is 0 Å². The minimum Gasteiger partial charge on any atom is -0.492 e. The van der Waals surface area contributed by atoms with Crippen molar-refractivity contribution < 1.29 is 23.6 Å². The number of esters is 1. The Morgan fingerprint density at radius 1 is 1.11 bits per heavy atom. The van der Waals surface area contributed by atoms with E-state index in [9.17, 15) is 9.59 Å². The lowest BCUT2D eigenvalue weighted by molar-refractivity contribution is -0.140. The Kier molecular flexibility index (Phi) is 7.83. The lowest BCUT2D eigenvalue weighted by atomic mass is 9.82. The average Bonchev–Trinajstić information content (AvgIpc) is 3.18. The van der Waals surface area contributed by atoms with E-state index in [0.29, 0.717) is 30.2 Å². The summed E-state index contributed by atoms with van der Waals surface area (Å²) in [4.78, 5) is 30.5. The minimum absolute atomic E-state index is 0.191. The van der Waals surface area contributed by atoms with Gasteiger partial charge in [-0.05, 0) is 71.0 Å². The monoisotopic (exact) mass is 495 g/mol. The first-order valence-electron chi connectivity index (χ1n) is 12.8. The summed E-state index contributed by atoms with van der Waals surface area (Å²) in [6.07, 6.45) is 5.05. The van der Waals surface area contributed by atoms with Crippen molar-refractivity contribution in [3.63, 3.8) is 0 Å². The third kappa shape index (κ3) is 5.81. The van der Waals surface area contributed by atoms with Crippen LogP contribution in [0.4, 0.5) is 0 Å². The van der Waals surface area contributed by atoms with E-state index in [0.717, 1.165) is 30.9 Å². The van der Waals surface area contributed by atoms with Gasteiger partial charge in [-0.15, -0.1) is 0 Å². The number of nitrogens with zero attached hydrogens (tertiary/aromatic N) is 3. The molecule has 0 aliphatic carbocycles. The van der Waals surface area contributed by atoms with Crippen LogP contribution in [0.5, 0.6) is 5.75 Å². The molecule has 2 aliphatic heterocycles. The number of carbonyl (C=O) groups excluding carboxylic acids is 2. The SMILES string of the molecule is Cc1noc2c1C(C)(C)CN(C(=O)c1ccc(OCCN3CCCCC3)cc1)C=C2C(=O)OC(C)C. The highest BCUT2D eigenvalue weighted by Gasteiger charge is 2.39. The Hall–Kier alpha value is -3.13. The number of rotatable bonds is 7. The molecule has 3 heterocycles. The van der Waals surface area contributed by atoms with Crippen molar-refractivity contribution in [1.29, 1.82) is 0 Å². The maximum absolute atomic E-state index is 13.6. The molecule has 8 nitrogen and oxygen atoms in total. The molecule has 1 aromatic heterocycles. The van der Waals surface area contributed by atoms with Gasteiger partial charge in [-0.1, -0.05) is 25.4 Å². The van der Waals surface area contributed by atoms with Crippen LogP contribution >= 0.6 is 0 Å². The molecule has 1 aromatic carbocycles. The predicted molar refractivity (Wildman–Crippen MR) is 137 cm³/mol. The van der Waals surface area contributed by atoms with Gasteiger partial charge in [0.05, 0.1) is 11.8 Å². The van der Waals surface area contributed by atoms with Gasteiger partial charge in [0.25, 0.3) is 5.91 Å². The third-order valence-corrected chi connectivity index (χ3v) is 6.68. The van der Waals surface area contributed by atoms with Crippen molar-refractivity contribution in [2.75, 3.05) is 32.8 Å².